The van der Waals surface area contributed by atoms with Crippen LogP contribution in [0.15, 0.2) is 70.6 Å². The molecule has 0 fully saturated rings. The van der Waals surface area contributed by atoms with Gasteiger partial charge in [-0.25, -0.2) is 0 Å². The number of aliphatic imine (C=N–C) groups is 2. The van der Waals surface area contributed by atoms with E-state index >= 15 is 0 Å². The van der Waals surface area contributed by atoms with Crippen LogP contribution in [0.4, 0.5) is 4.39 Å². The van der Waals surface area contributed by atoms with Gasteiger partial charge in [0.2, 0.25) is 0 Å². The molecule has 23 heavy (non-hydrogen) atoms. The van der Waals surface area contributed by atoms with Crippen LogP contribution in [0.3, 0.4) is 0 Å². The Bertz CT molecular complexity index is 608. The fourth-order valence-electron chi connectivity index (χ4n) is 2.60. The third-order valence-electron chi connectivity index (χ3n) is 3.69. The van der Waals surface area contributed by atoms with Gasteiger partial charge in [-0.1, -0.05) is 60.7 Å². The van der Waals surface area contributed by atoms with Gasteiger partial charge in [0.15, 0.2) is 0 Å². The van der Waals surface area contributed by atoms with Crippen molar-refractivity contribution in [3.05, 3.63) is 71.8 Å². The Morgan fingerprint density at radius 1 is 1.00 bits per heavy atom. The summed E-state index contributed by atoms with van der Waals surface area (Å²) in [6, 6.07) is 20.2. The summed E-state index contributed by atoms with van der Waals surface area (Å²) in [4.78, 5) is 9.12. The number of hydrogen-bond acceptors (Lipinski definition) is 2. The van der Waals surface area contributed by atoms with E-state index in [-0.39, 0.29) is 6.67 Å². The zero-order valence-electron chi connectivity index (χ0n) is 13.7. The lowest BCUT2D eigenvalue weighted by atomic mass is 9.95. The number of halogens is 1. The Labute approximate surface area is 137 Å². The second-order valence-corrected chi connectivity index (χ2v) is 5.73. The maximum absolute atomic E-state index is 12.7. The third-order valence-corrected chi connectivity index (χ3v) is 3.69. The maximum atomic E-state index is 12.7. The van der Waals surface area contributed by atoms with E-state index in [0.29, 0.717) is 12.8 Å². The summed E-state index contributed by atoms with van der Waals surface area (Å²) < 4.78 is 12.7. The minimum atomic E-state index is -0.512. The maximum Gasteiger partial charge on any atom is 0.0933 e. The number of nitrogens with zero attached hydrogens (tertiary/aromatic N) is 2. The highest BCUT2D eigenvalue weighted by Gasteiger charge is 2.22. The molecule has 0 aromatic heterocycles. The molecule has 0 N–H and O–H groups in total. The molecule has 120 valence electrons. The van der Waals surface area contributed by atoms with Crippen molar-refractivity contribution in [2.45, 2.75) is 25.3 Å². The SMILES string of the molecule is C/N=C/C(C)(CCCF)N=C(c1ccccc1)c1ccccc1. The first-order valence-electron chi connectivity index (χ1n) is 7.88. The summed E-state index contributed by atoms with van der Waals surface area (Å²) in [5.41, 5.74) is 2.50. The molecule has 0 aliphatic heterocycles. The molecule has 0 radical (unpaired) electrons. The Hall–Kier alpha value is -2.29. The predicted molar refractivity (Wildman–Crippen MR) is 96.6 cm³/mol. The number of hydrogen-bond donors (Lipinski definition) is 0. The van der Waals surface area contributed by atoms with E-state index in [1.54, 1.807) is 7.05 Å². The van der Waals surface area contributed by atoms with Crippen molar-refractivity contribution in [1.29, 1.82) is 0 Å². The van der Waals surface area contributed by atoms with E-state index in [2.05, 4.69) is 4.99 Å². The molecule has 3 heteroatoms. The van der Waals surface area contributed by atoms with Crippen LogP contribution in [-0.2, 0) is 0 Å². The molecular formula is C20H23FN2. The number of rotatable bonds is 7. The number of alkyl halides is 1. The highest BCUT2D eigenvalue weighted by atomic mass is 19.1. The molecule has 0 heterocycles. The van der Waals surface area contributed by atoms with E-state index in [1.807, 2.05) is 73.8 Å². The summed E-state index contributed by atoms with van der Waals surface area (Å²) in [7, 11) is 1.73. The third kappa shape index (κ3) is 4.85. The van der Waals surface area contributed by atoms with Gasteiger partial charge < -0.3 is 0 Å². The van der Waals surface area contributed by atoms with Crippen LogP contribution in [0.5, 0.6) is 0 Å². The van der Waals surface area contributed by atoms with E-state index in [0.717, 1.165) is 16.8 Å². The lowest BCUT2D eigenvalue weighted by Gasteiger charge is -2.22. The zero-order chi connectivity index (χ0) is 16.5. The topological polar surface area (TPSA) is 24.7 Å². The molecule has 0 saturated heterocycles. The highest BCUT2D eigenvalue weighted by molar-refractivity contribution is 6.13. The van der Waals surface area contributed by atoms with Crippen LogP contribution in [0.25, 0.3) is 0 Å². The van der Waals surface area contributed by atoms with Crippen molar-refractivity contribution < 1.29 is 4.39 Å². The van der Waals surface area contributed by atoms with Crippen LogP contribution >= 0.6 is 0 Å². The van der Waals surface area contributed by atoms with Crippen LogP contribution in [0.1, 0.15) is 30.9 Å². The first-order chi connectivity index (χ1) is 11.2. The van der Waals surface area contributed by atoms with E-state index < -0.39 is 5.54 Å². The van der Waals surface area contributed by atoms with Gasteiger partial charge in [0, 0.05) is 24.4 Å². The average molecular weight is 310 g/mol. The normalized spacial score (nSPS) is 13.7. The molecule has 1 atom stereocenters. The van der Waals surface area contributed by atoms with Gasteiger partial charge in [-0.05, 0) is 19.8 Å². The molecule has 0 aliphatic rings. The Kier molecular flexibility index (Phi) is 6.21. The Morgan fingerprint density at radius 3 is 1.96 bits per heavy atom. The molecule has 0 aliphatic carbocycles. The molecule has 2 rings (SSSR count). The quantitative estimate of drug-likeness (QED) is 0.660. The average Bonchev–Trinajstić information content (AvgIpc) is 2.60. The highest BCUT2D eigenvalue weighted by Crippen LogP contribution is 2.21. The van der Waals surface area contributed by atoms with Crippen LogP contribution < -0.4 is 0 Å². The predicted octanol–water partition coefficient (Wildman–Crippen LogP) is 4.73. The van der Waals surface area contributed by atoms with Crippen molar-refractivity contribution >= 4 is 11.9 Å². The second kappa shape index (κ2) is 8.37. The fraction of sp³-hybridized carbons (Fsp3) is 0.300. The summed E-state index contributed by atoms with van der Waals surface area (Å²) in [6.45, 7) is 1.66. The lowest BCUT2D eigenvalue weighted by Crippen LogP contribution is -2.27. The Morgan fingerprint density at radius 2 is 1.52 bits per heavy atom. The lowest BCUT2D eigenvalue weighted by molar-refractivity contribution is 0.431. The monoisotopic (exact) mass is 310 g/mol. The van der Waals surface area contributed by atoms with Crippen molar-refractivity contribution in [3.8, 4) is 0 Å². The summed E-state index contributed by atoms with van der Waals surface area (Å²) >= 11 is 0. The minimum Gasteiger partial charge on any atom is -0.298 e. The van der Waals surface area contributed by atoms with E-state index in [4.69, 9.17) is 4.99 Å². The molecule has 0 bridgehead atoms. The van der Waals surface area contributed by atoms with Gasteiger partial charge in [0.25, 0.3) is 0 Å². The zero-order valence-corrected chi connectivity index (χ0v) is 13.7. The molecule has 0 amide bonds. The van der Waals surface area contributed by atoms with Crippen molar-refractivity contribution in [2.75, 3.05) is 13.7 Å². The number of benzene rings is 2. The summed E-state index contributed by atoms with van der Waals surface area (Å²) in [5, 5.41) is 0. The van der Waals surface area contributed by atoms with Crippen molar-refractivity contribution in [2.24, 2.45) is 9.98 Å². The summed E-state index contributed by atoms with van der Waals surface area (Å²) in [6.07, 6.45) is 2.92. The fourth-order valence-corrected chi connectivity index (χ4v) is 2.60. The van der Waals surface area contributed by atoms with Gasteiger partial charge in [-0.3, -0.25) is 14.4 Å². The van der Waals surface area contributed by atoms with Crippen molar-refractivity contribution in [3.63, 3.8) is 0 Å². The van der Waals surface area contributed by atoms with Crippen LogP contribution in [-0.4, -0.2) is 31.2 Å². The van der Waals surface area contributed by atoms with Crippen molar-refractivity contribution in [1.82, 2.24) is 0 Å². The summed E-state index contributed by atoms with van der Waals surface area (Å²) in [5.74, 6) is 0. The molecule has 2 aromatic carbocycles. The van der Waals surface area contributed by atoms with E-state index in [1.165, 1.54) is 0 Å². The molecule has 2 nitrogen and oxygen atoms in total. The van der Waals surface area contributed by atoms with Gasteiger partial charge in [0.1, 0.15) is 0 Å². The first kappa shape index (κ1) is 17.1. The van der Waals surface area contributed by atoms with Gasteiger partial charge in [-0.15, -0.1) is 0 Å². The molecule has 2 aromatic rings. The largest absolute Gasteiger partial charge is 0.298 e. The molecule has 1 unspecified atom stereocenters. The molecule has 0 spiro atoms. The molecule has 0 saturated carbocycles. The minimum absolute atomic E-state index is 0.339. The van der Waals surface area contributed by atoms with E-state index in [9.17, 15) is 4.39 Å². The second-order valence-electron chi connectivity index (χ2n) is 5.73. The smallest absolute Gasteiger partial charge is 0.0933 e. The van der Waals surface area contributed by atoms with Crippen LogP contribution in [0.2, 0.25) is 0 Å². The Balaban J connectivity index is 2.51. The van der Waals surface area contributed by atoms with Gasteiger partial charge >= 0.3 is 0 Å². The van der Waals surface area contributed by atoms with Crippen LogP contribution in [0, 0.1) is 0 Å². The first-order valence-corrected chi connectivity index (χ1v) is 7.88. The van der Waals surface area contributed by atoms with Gasteiger partial charge in [-0.2, -0.15) is 0 Å². The standard InChI is InChI=1S/C20H23FN2/c1-20(16-22-2,14-9-15-21)23-19(17-10-5-3-6-11-17)18-12-7-4-8-13-18/h3-8,10-13,16H,9,14-15H2,1-2H3/b22-16+. The van der Waals surface area contributed by atoms with Gasteiger partial charge in [0.05, 0.1) is 17.9 Å². The molecular weight excluding hydrogens is 287 g/mol.